The Hall–Kier alpha value is -0.610. The molecule has 1 aliphatic rings. The number of nitrogens with zero attached hydrogens (tertiary/aromatic N) is 1. The van der Waals surface area contributed by atoms with E-state index in [4.69, 9.17) is 16.2 Å². The Morgan fingerprint density at radius 3 is 2.83 bits per heavy atom. The number of hydrogen-bond acceptors (Lipinski definition) is 3. The van der Waals surface area contributed by atoms with Gasteiger partial charge >= 0.3 is 0 Å². The number of piperidine rings is 1. The van der Waals surface area contributed by atoms with E-state index in [-0.39, 0.29) is 5.41 Å². The highest BCUT2D eigenvalue weighted by Gasteiger charge is 2.23. The average molecular weight is 255 g/mol. The fraction of sp³-hybridized carbons (Fsp3) is 0.929. The molecule has 4 nitrogen and oxygen atoms in total. The van der Waals surface area contributed by atoms with Crippen LogP contribution in [-0.4, -0.2) is 42.1 Å². The second-order valence-corrected chi connectivity index (χ2v) is 6.22. The van der Waals surface area contributed by atoms with Gasteiger partial charge in [0.1, 0.15) is 0 Å². The fourth-order valence-corrected chi connectivity index (χ4v) is 2.65. The first-order chi connectivity index (χ1) is 8.45. The summed E-state index contributed by atoms with van der Waals surface area (Å²) in [6, 6.07) is 0. The Labute approximate surface area is 111 Å². The van der Waals surface area contributed by atoms with E-state index >= 15 is 0 Å². The van der Waals surface area contributed by atoms with Gasteiger partial charge in [-0.15, -0.1) is 0 Å². The van der Waals surface area contributed by atoms with Gasteiger partial charge < -0.3 is 15.7 Å². The molecule has 1 atom stereocenters. The molecule has 0 aromatic rings. The molecule has 1 fully saturated rings. The van der Waals surface area contributed by atoms with E-state index in [9.17, 15) is 0 Å². The molecule has 1 saturated heterocycles. The second kappa shape index (κ2) is 7.10. The average Bonchev–Trinajstić information content (AvgIpc) is 2.29. The van der Waals surface area contributed by atoms with Gasteiger partial charge in [-0.1, -0.05) is 13.8 Å². The zero-order valence-corrected chi connectivity index (χ0v) is 11.9. The van der Waals surface area contributed by atoms with Crippen molar-refractivity contribution in [2.75, 3.05) is 26.2 Å². The molecule has 1 aliphatic heterocycles. The van der Waals surface area contributed by atoms with E-state index in [1.807, 2.05) is 13.8 Å². The molecule has 0 amide bonds. The Balaban J connectivity index is 2.25. The van der Waals surface area contributed by atoms with Crippen molar-refractivity contribution in [2.24, 2.45) is 17.1 Å². The highest BCUT2D eigenvalue weighted by atomic mass is 16.3. The molecule has 0 aliphatic carbocycles. The lowest BCUT2D eigenvalue weighted by molar-refractivity contribution is 0.144. The van der Waals surface area contributed by atoms with Gasteiger partial charge in [-0.25, -0.2) is 0 Å². The fourth-order valence-electron chi connectivity index (χ4n) is 2.65. The summed E-state index contributed by atoms with van der Waals surface area (Å²) in [6.45, 7) is 7.80. The molecule has 1 heterocycles. The first kappa shape index (κ1) is 15.4. The minimum Gasteiger partial charge on any atom is -0.396 e. The van der Waals surface area contributed by atoms with Crippen LogP contribution in [0.3, 0.4) is 0 Å². The molecule has 0 spiro atoms. The van der Waals surface area contributed by atoms with Gasteiger partial charge in [-0.05, 0) is 51.1 Å². The van der Waals surface area contributed by atoms with E-state index in [1.165, 1.54) is 19.4 Å². The Morgan fingerprint density at radius 2 is 2.22 bits per heavy atom. The van der Waals surface area contributed by atoms with Crippen LogP contribution in [0.25, 0.3) is 0 Å². The predicted molar refractivity (Wildman–Crippen MR) is 75.8 cm³/mol. The molecule has 1 rings (SSSR count). The van der Waals surface area contributed by atoms with Gasteiger partial charge in [0.2, 0.25) is 0 Å². The number of nitrogens with two attached hydrogens (primary N) is 1. The number of nitrogens with one attached hydrogen (secondary N) is 1. The van der Waals surface area contributed by atoms with Crippen LogP contribution in [-0.2, 0) is 0 Å². The third-order valence-electron chi connectivity index (χ3n) is 4.15. The summed E-state index contributed by atoms with van der Waals surface area (Å²) in [5, 5.41) is 16.5. The lowest BCUT2D eigenvalue weighted by Gasteiger charge is -2.33. The number of hydrogen-bond donors (Lipinski definition) is 3. The van der Waals surface area contributed by atoms with Crippen LogP contribution >= 0.6 is 0 Å². The number of aliphatic hydroxyl groups excluding tert-OH is 1. The minimum atomic E-state index is -0.166. The van der Waals surface area contributed by atoms with Crippen molar-refractivity contribution >= 4 is 5.84 Å². The summed E-state index contributed by atoms with van der Waals surface area (Å²) < 4.78 is 0. The molecule has 0 aromatic heterocycles. The maximum atomic E-state index is 8.99. The SMILES string of the molecule is CC(C)(CCCN1CCCC(CCO)C1)C(=N)N. The van der Waals surface area contributed by atoms with Crippen LogP contribution < -0.4 is 5.73 Å². The zero-order chi connectivity index (χ0) is 13.6. The van der Waals surface area contributed by atoms with Crippen molar-refractivity contribution in [3.63, 3.8) is 0 Å². The molecular weight excluding hydrogens is 226 g/mol. The first-order valence-corrected chi connectivity index (χ1v) is 7.13. The first-order valence-electron chi connectivity index (χ1n) is 7.13. The van der Waals surface area contributed by atoms with Crippen molar-refractivity contribution < 1.29 is 5.11 Å². The monoisotopic (exact) mass is 255 g/mol. The highest BCUT2D eigenvalue weighted by molar-refractivity contribution is 5.82. The minimum absolute atomic E-state index is 0.166. The van der Waals surface area contributed by atoms with Gasteiger partial charge in [-0.2, -0.15) is 0 Å². The van der Waals surface area contributed by atoms with Crippen molar-refractivity contribution in [1.82, 2.24) is 4.90 Å². The maximum Gasteiger partial charge on any atom is 0.0963 e. The van der Waals surface area contributed by atoms with Crippen molar-refractivity contribution in [1.29, 1.82) is 5.41 Å². The van der Waals surface area contributed by atoms with Gasteiger partial charge in [0.25, 0.3) is 0 Å². The molecule has 18 heavy (non-hydrogen) atoms. The van der Waals surface area contributed by atoms with Crippen LogP contribution in [0.2, 0.25) is 0 Å². The largest absolute Gasteiger partial charge is 0.396 e. The molecule has 1 unspecified atom stereocenters. The second-order valence-electron chi connectivity index (χ2n) is 6.22. The normalized spacial score (nSPS) is 22.1. The van der Waals surface area contributed by atoms with Crippen LogP contribution in [0.1, 0.15) is 46.0 Å². The number of rotatable bonds is 7. The quantitative estimate of drug-likeness (QED) is 0.480. The van der Waals surface area contributed by atoms with Gasteiger partial charge in [-0.3, -0.25) is 5.41 Å². The van der Waals surface area contributed by atoms with Gasteiger partial charge in [0.15, 0.2) is 0 Å². The summed E-state index contributed by atoms with van der Waals surface area (Å²) in [6.07, 6.45) is 5.52. The summed E-state index contributed by atoms with van der Waals surface area (Å²) in [4.78, 5) is 2.50. The van der Waals surface area contributed by atoms with Crippen molar-refractivity contribution in [3.8, 4) is 0 Å². The number of amidine groups is 1. The third-order valence-corrected chi connectivity index (χ3v) is 4.15. The van der Waals surface area contributed by atoms with E-state index < -0.39 is 0 Å². The van der Waals surface area contributed by atoms with Crippen LogP contribution in [0.4, 0.5) is 0 Å². The molecule has 0 bridgehead atoms. The smallest absolute Gasteiger partial charge is 0.0963 e. The topological polar surface area (TPSA) is 73.3 Å². The molecule has 0 aromatic carbocycles. The number of aliphatic hydroxyl groups is 1. The molecule has 4 heteroatoms. The van der Waals surface area contributed by atoms with Gasteiger partial charge in [0.05, 0.1) is 5.84 Å². The van der Waals surface area contributed by atoms with Crippen molar-refractivity contribution in [2.45, 2.75) is 46.0 Å². The van der Waals surface area contributed by atoms with Gasteiger partial charge in [0, 0.05) is 18.6 Å². The Kier molecular flexibility index (Phi) is 6.09. The standard InChI is InChI=1S/C14H29N3O/c1-14(2,13(15)16)7-4-9-17-8-3-5-12(11-17)6-10-18/h12,18H,3-11H2,1-2H3,(H3,15,16). The number of likely N-dealkylation sites (tertiary alicyclic amines) is 1. The molecule has 106 valence electrons. The molecule has 4 N–H and O–H groups in total. The third kappa shape index (κ3) is 4.94. The van der Waals surface area contributed by atoms with E-state index in [2.05, 4.69) is 4.90 Å². The zero-order valence-electron chi connectivity index (χ0n) is 11.9. The molecule has 0 saturated carbocycles. The summed E-state index contributed by atoms with van der Waals surface area (Å²) >= 11 is 0. The van der Waals surface area contributed by atoms with Crippen molar-refractivity contribution in [3.05, 3.63) is 0 Å². The lowest BCUT2D eigenvalue weighted by atomic mass is 9.86. The maximum absolute atomic E-state index is 8.99. The van der Waals surface area contributed by atoms with Crippen LogP contribution in [0.5, 0.6) is 0 Å². The van der Waals surface area contributed by atoms with Crippen LogP contribution in [0, 0.1) is 16.7 Å². The summed E-state index contributed by atoms with van der Waals surface area (Å²) in [5.74, 6) is 0.962. The molecule has 0 radical (unpaired) electrons. The summed E-state index contributed by atoms with van der Waals surface area (Å²) in [5.41, 5.74) is 5.43. The van der Waals surface area contributed by atoms with E-state index in [0.717, 1.165) is 32.4 Å². The highest BCUT2D eigenvalue weighted by Crippen LogP contribution is 2.24. The van der Waals surface area contributed by atoms with E-state index in [0.29, 0.717) is 18.4 Å². The van der Waals surface area contributed by atoms with Crippen LogP contribution in [0.15, 0.2) is 0 Å². The Morgan fingerprint density at radius 1 is 1.50 bits per heavy atom. The lowest BCUT2D eigenvalue weighted by Crippen LogP contribution is -2.37. The summed E-state index contributed by atoms with van der Waals surface area (Å²) in [7, 11) is 0. The Bertz CT molecular complexity index is 264. The predicted octanol–water partition coefficient (Wildman–Crippen LogP) is 1.82. The van der Waals surface area contributed by atoms with E-state index in [1.54, 1.807) is 0 Å². The molecular formula is C14H29N3O.